The van der Waals surface area contributed by atoms with Gasteiger partial charge in [-0.2, -0.15) is 0 Å². The molecule has 1 amide bonds. The van der Waals surface area contributed by atoms with Crippen LogP contribution < -0.4 is 5.32 Å². The Hall–Kier alpha value is -2.21. The van der Waals surface area contributed by atoms with Gasteiger partial charge in [-0.25, -0.2) is 0 Å². The first-order valence-electron chi connectivity index (χ1n) is 9.64. The number of ether oxygens (including phenoxy) is 1. The maximum Gasteiger partial charge on any atom is 0.224 e. The molecule has 2 aliphatic heterocycles. The van der Waals surface area contributed by atoms with Crippen LogP contribution in [0.5, 0.6) is 0 Å². The molecule has 0 radical (unpaired) electrons. The Labute approximate surface area is 154 Å². The highest BCUT2D eigenvalue weighted by Gasteiger charge is 2.26. The molecule has 1 fully saturated rings. The van der Waals surface area contributed by atoms with Crippen molar-refractivity contribution in [2.45, 2.75) is 51.0 Å². The highest BCUT2D eigenvalue weighted by atomic mass is 16.5. The molecule has 2 aromatic rings. The number of benzene rings is 1. The summed E-state index contributed by atoms with van der Waals surface area (Å²) in [6.45, 7) is 2.54. The number of fused-ring (bicyclic) bond motifs is 1. The third kappa shape index (κ3) is 3.96. The smallest absolute Gasteiger partial charge is 0.224 e. The summed E-state index contributed by atoms with van der Waals surface area (Å²) in [5, 5.41) is 11.9. The summed E-state index contributed by atoms with van der Waals surface area (Å²) in [5.41, 5.74) is 0.866. The van der Waals surface area contributed by atoms with E-state index in [1.54, 1.807) is 0 Å². The van der Waals surface area contributed by atoms with E-state index in [1.165, 1.54) is 0 Å². The number of aryl methyl sites for hydroxylation is 1. The molecule has 0 spiro atoms. The zero-order chi connectivity index (χ0) is 17.8. The van der Waals surface area contributed by atoms with Crippen LogP contribution in [0.3, 0.4) is 0 Å². The lowest BCUT2D eigenvalue weighted by Gasteiger charge is -2.22. The molecule has 0 bridgehead atoms. The van der Waals surface area contributed by atoms with Gasteiger partial charge >= 0.3 is 0 Å². The van der Waals surface area contributed by atoms with E-state index < -0.39 is 0 Å². The fourth-order valence-electron chi connectivity index (χ4n) is 4.02. The molecule has 1 aromatic carbocycles. The molecular formula is C20H26N4O2. The summed E-state index contributed by atoms with van der Waals surface area (Å²) in [5.74, 6) is 3.16. The van der Waals surface area contributed by atoms with Crippen molar-refractivity contribution in [2.75, 3.05) is 18.5 Å². The number of nitrogens with zero attached hydrogens (tertiary/aromatic N) is 3. The van der Waals surface area contributed by atoms with Gasteiger partial charge in [-0.05, 0) is 43.7 Å². The number of aromatic nitrogens is 3. The Balaban J connectivity index is 1.36. The minimum atomic E-state index is 0.100. The first-order valence-corrected chi connectivity index (χ1v) is 9.64. The van der Waals surface area contributed by atoms with Gasteiger partial charge in [-0.1, -0.05) is 18.2 Å². The number of para-hydroxylation sites is 1. The average molecular weight is 354 g/mol. The molecule has 4 rings (SSSR count). The van der Waals surface area contributed by atoms with Crippen LogP contribution in [0.1, 0.15) is 49.7 Å². The van der Waals surface area contributed by atoms with Gasteiger partial charge in [0.05, 0.1) is 0 Å². The van der Waals surface area contributed by atoms with Crippen molar-refractivity contribution < 1.29 is 9.53 Å². The number of anilines is 1. The van der Waals surface area contributed by atoms with Crippen molar-refractivity contribution in [3.8, 4) is 0 Å². The summed E-state index contributed by atoms with van der Waals surface area (Å²) in [6.07, 6.45) is 5.53. The summed E-state index contributed by atoms with van der Waals surface area (Å²) >= 11 is 0. The fourth-order valence-corrected chi connectivity index (χ4v) is 4.02. The van der Waals surface area contributed by atoms with Gasteiger partial charge in [0, 0.05) is 44.2 Å². The first kappa shape index (κ1) is 17.2. The second kappa shape index (κ2) is 7.99. The average Bonchev–Trinajstić information content (AvgIpc) is 2.98. The minimum Gasteiger partial charge on any atom is -0.381 e. The van der Waals surface area contributed by atoms with E-state index >= 15 is 0 Å². The molecule has 0 aliphatic carbocycles. The van der Waals surface area contributed by atoms with Crippen LogP contribution in [0, 0.1) is 5.92 Å². The molecule has 6 heteroatoms. The Morgan fingerprint density at radius 3 is 2.73 bits per heavy atom. The molecule has 26 heavy (non-hydrogen) atoms. The highest BCUT2D eigenvalue weighted by Crippen LogP contribution is 2.29. The van der Waals surface area contributed by atoms with Gasteiger partial charge in [0.15, 0.2) is 0 Å². The van der Waals surface area contributed by atoms with Crippen molar-refractivity contribution in [3.63, 3.8) is 0 Å². The molecule has 0 saturated carbocycles. The van der Waals surface area contributed by atoms with Crippen LogP contribution in [0.15, 0.2) is 30.3 Å². The van der Waals surface area contributed by atoms with Gasteiger partial charge in [0.2, 0.25) is 5.91 Å². The van der Waals surface area contributed by atoms with Gasteiger partial charge in [-0.3, -0.25) is 4.79 Å². The second-order valence-corrected chi connectivity index (χ2v) is 7.32. The lowest BCUT2D eigenvalue weighted by molar-refractivity contribution is -0.117. The number of carbonyl (C=O) groups excluding carboxylic acids is 1. The van der Waals surface area contributed by atoms with Crippen LogP contribution in [0.4, 0.5) is 5.69 Å². The van der Waals surface area contributed by atoms with Crippen molar-refractivity contribution in [2.24, 2.45) is 5.92 Å². The molecule has 6 nitrogen and oxygen atoms in total. The number of amides is 1. The Morgan fingerprint density at radius 1 is 1.12 bits per heavy atom. The number of carbonyl (C=O) groups is 1. The summed E-state index contributed by atoms with van der Waals surface area (Å²) < 4.78 is 7.78. The fraction of sp³-hybridized carbons (Fsp3) is 0.550. The molecule has 1 aromatic heterocycles. The zero-order valence-corrected chi connectivity index (χ0v) is 15.1. The molecule has 1 atom stereocenters. The molecule has 1 unspecified atom stereocenters. The predicted octanol–water partition coefficient (Wildman–Crippen LogP) is 3.15. The summed E-state index contributed by atoms with van der Waals surface area (Å²) in [6, 6.07) is 9.67. The largest absolute Gasteiger partial charge is 0.381 e. The third-order valence-electron chi connectivity index (χ3n) is 5.51. The van der Waals surface area contributed by atoms with Crippen molar-refractivity contribution >= 4 is 11.6 Å². The first-order chi connectivity index (χ1) is 12.8. The van der Waals surface area contributed by atoms with E-state index in [2.05, 4.69) is 20.1 Å². The van der Waals surface area contributed by atoms with Gasteiger partial charge in [0.1, 0.15) is 11.6 Å². The number of rotatable bonds is 4. The van der Waals surface area contributed by atoms with Gasteiger partial charge in [-0.15, -0.1) is 10.2 Å². The normalized spacial score (nSPS) is 21.0. The Morgan fingerprint density at radius 2 is 1.92 bits per heavy atom. The monoisotopic (exact) mass is 354 g/mol. The van der Waals surface area contributed by atoms with E-state index in [4.69, 9.17) is 4.74 Å². The SMILES string of the molecule is O=C(CC1CCc2nnc(C3CCOCC3)n2CC1)Nc1ccccc1. The van der Waals surface area contributed by atoms with E-state index in [9.17, 15) is 4.79 Å². The van der Waals surface area contributed by atoms with E-state index in [-0.39, 0.29) is 5.91 Å². The van der Waals surface area contributed by atoms with Crippen molar-refractivity contribution in [3.05, 3.63) is 42.0 Å². The van der Waals surface area contributed by atoms with Gasteiger partial charge < -0.3 is 14.6 Å². The van der Waals surface area contributed by atoms with Crippen LogP contribution >= 0.6 is 0 Å². The molecular weight excluding hydrogens is 328 g/mol. The lowest BCUT2D eigenvalue weighted by Crippen LogP contribution is -2.19. The minimum absolute atomic E-state index is 0.100. The maximum atomic E-state index is 12.4. The van der Waals surface area contributed by atoms with E-state index in [0.29, 0.717) is 18.3 Å². The Kier molecular flexibility index (Phi) is 5.29. The topological polar surface area (TPSA) is 69.0 Å². The molecule has 2 aliphatic rings. The number of hydrogen-bond acceptors (Lipinski definition) is 4. The molecule has 3 heterocycles. The van der Waals surface area contributed by atoms with Crippen LogP contribution in [0.2, 0.25) is 0 Å². The third-order valence-corrected chi connectivity index (χ3v) is 5.51. The molecule has 1 saturated heterocycles. The maximum absolute atomic E-state index is 12.4. The highest BCUT2D eigenvalue weighted by molar-refractivity contribution is 5.90. The Bertz CT molecular complexity index is 738. The number of hydrogen-bond donors (Lipinski definition) is 1. The number of nitrogens with one attached hydrogen (secondary N) is 1. The van der Waals surface area contributed by atoms with Crippen LogP contribution in [0.25, 0.3) is 0 Å². The summed E-state index contributed by atoms with van der Waals surface area (Å²) in [7, 11) is 0. The summed E-state index contributed by atoms with van der Waals surface area (Å²) in [4.78, 5) is 12.4. The quantitative estimate of drug-likeness (QED) is 0.916. The second-order valence-electron chi connectivity index (χ2n) is 7.32. The molecule has 1 N–H and O–H groups in total. The van der Waals surface area contributed by atoms with Crippen molar-refractivity contribution in [1.29, 1.82) is 0 Å². The predicted molar refractivity (Wildman–Crippen MR) is 98.9 cm³/mol. The van der Waals surface area contributed by atoms with E-state index in [1.807, 2.05) is 30.3 Å². The zero-order valence-electron chi connectivity index (χ0n) is 15.1. The van der Waals surface area contributed by atoms with Gasteiger partial charge in [0.25, 0.3) is 0 Å². The van der Waals surface area contributed by atoms with Crippen LogP contribution in [-0.4, -0.2) is 33.9 Å². The van der Waals surface area contributed by atoms with E-state index in [0.717, 1.165) is 69.2 Å². The van der Waals surface area contributed by atoms with Crippen molar-refractivity contribution in [1.82, 2.24) is 14.8 Å². The standard InChI is InChI=1S/C20H26N4O2/c25-19(21-17-4-2-1-3-5-17)14-15-6-7-18-22-23-20(24(18)11-8-15)16-9-12-26-13-10-16/h1-5,15-16H,6-14H2,(H,21,25). The van der Waals surface area contributed by atoms with Crippen LogP contribution in [-0.2, 0) is 22.5 Å². The lowest BCUT2D eigenvalue weighted by atomic mass is 9.96. The molecule has 138 valence electrons.